The van der Waals surface area contributed by atoms with Gasteiger partial charge in [-0.3, -0.25) is 0 Å². The minimum absolute atomic E-state index is 0.150. The fraction of sp³-hybridized carbons (Fsp3) is 0.462. The van der Waals surface area contributed by atoms with Crippen LogP contribution in [-0.4, -0.2) is 6.29 Å². The van der Waals surface area contributed by atoms with Gasteiger partial charge in [-0.05, 0) is 24.8 Å². The molecule has 0 N–H and O–H groups in total. The van der Waals surface area contributed by atoms with Crippen molar-refractivity contribution in [2.24, 2.45) is 11.8 Å². The molecule has 0 saturated carbocycles. The summed E-state index contributed by atoms with van der Waals surface area (Å²) < 4.78 is 0. The minimum Gasteiger partial charge on any atom is -0.303 e. The minimum atomic E-state index is 0.150. The molecule has 0 aliphatic heterocycles. The van der Waals surface area contributed by atoms with Crippen LogP contribution in [0.2, 0.25) is 0 Å². The van der Waals surface area contributed by atoms with Crippen molar-refractivity contribution in [1.82, 2.24) is 0 Å². The molecule has 0 radical (unpaired) electrons. The van der Waals surface area contributed by atoms with E-state index in [4.69, 9.17) is 0 Å². The predicted octanol–water partition coefficient (Wildman–Crippen LogP) is 3.01. The van der Waals surface area contributed by atoms with E-state index in [9.17, 15) is 4.79 Å². The molecule has 1 heteroatoms. The van der Waals surface area contributed by atoms with E-state index in [0.29, 0.717) is 5.92 Å². The van der Waals surface area contributed by atoms with Crippen molar-refractivity contribution in [2.75, 3.05) is 0 Å². The van der Waals surface area contributed by atoms with Crippen LogP contribution in [0.5, 0.6) is 0 Å². The molecule has 1 aromatic rings. The topological polar surface area (TPSA) is 17.1 Å². The Hall–Kier alpha value is -1.11. The summed E-state index contributed by atoms with van der Waals surface area (Å²) in [6.45, 7) is 6.26. The van der Waals surface area contributed by atoms with Gasteiger partial charge in [0.25, 0.3) is 0 Å². The highest BCUT2D eigenvalue weighted by Crippen LogP contribution is 2.15. The molecular weight excluding hydrogens is 172 g/mol. The maximum Gasteiger partial charge on any atom is 0.123 e. The van der Waals surface area contributed by atoms with Crippen LogP contribution in [0.4, 0.5) is 0 Å². The largest absolute Gasteiger partial charge is 0.303 e. The van der Waals surface area contributed by atoms with E-state index >= 15 is 0 Å². The first-order chi connectivity index (χ1) is 6.63. The van der Waals surface area contributed by atoms with Crippen LogP contribution < -0.4 is 0 Å². The van der Waals surface area contributed by atoms with Crippen molar-refractivity contribution in [3.8, 4) is 0 Å². The molecule has 0 bridgehead atoms. The quantitative estimate of drug-likeness (QED) is 0.667. The average molecular weight is 190 g/mol. The fourth-order valence-corrected chi connectivity index (χ4v) is 1.55. The van der Waals surface area contributed by atoms with Gasteiger partial charge < -0.3 is 4.79 Å². The van der Waals surface area contributed by atoms with E-state index in [1.165, 1.54) is 11.1 Å². The number of rotatable bonds is 4. The van der Waals surface area contributed by atoms with Crippen molar-refractivity contribution < 1.29 is 4.79 Å². The summed E-state index contributed by atoms with van der Waals surface area (Å²) in [5.41, 5.74) is 2.52. The Kier molecular flexibility index (Phi) is 3.87. The highest BCUT2D eigenvalue weighted by Gasteiger charge is 2.12. The van der Waals surface area contributed by atoms with Crippen molar-refractivity contribution in [2.45, 2.75) is 27.2 Å². The Morgan fingerprint density at radius 3 is 2.57 bits per heavy atom. The standard InChI is InChI=1S/C13H18O/c1-10(2)13(9-14)8-12-6-4-5-11(3)7-12/h4-7,9-10,13H,8H2,1-3H3. The van der Waals surface area contributed by atoms with Gasteiger partial charge in [-0.2, -0.15) is 0 Å². The van der Waals surface area contributed by atoms with E-state index < -0.39 is 0 Å². The van der Waals surface area contributed by atoms with Crippen LogP contribution in [0.3, 0.4) is 0 Å². The molecule has 0 fully saturated rings. The Morgan fingerprint density at radius 2 is 2.07 bits per heavy atom. The first-order valence-electron chi connectivity index (χ1n) is 5.14. The van der Waals surface area contributed by atoms with Crippen LogP contribution in [0.15, 0.2) is 24.3 Å². The maximum atomic E-state index is 10.8. The smallest absolute Gasteiger partial charge is 0.123 e. The Bertz CT molecular complexity index is 302. The third-order valence-corrected chi connectivity index (χ3v) is 2.58. The Labute approximate surface area is 86.1 Å². The number of hydrogen-bond donors (Lipinski definition) is 0. The first-order valence-corrected chi connectivity index (χ1v) is 5.14. The fourth-order valence-electron chi connectivity index (χ4n) is 1.55. The molecule has 0 spiro atoms. The summed E-state index contributed by atoms with van der Waals surface area (Å²) in [4.78, 5) is 10.8. The van der Waals surface area contributed by atoms with Crippen LogP contribution in [0.1, 0.15) is 25.0 Å². The van der Waals surface area contributed by atoms with Crippen molar-refractivity contribution in [3.63, 3.8) is 0 Å². The molecule has 14 heavy (non-hydrogen) atoms. The molecule has 1 nitrogen and oxygen atoms in total. The molecule has 76 valence electrons. The molecule has 0 amide bonds. The van der Waals surface area contributed by atoms with Crippen LogP contribution in [-0.2, 0) is 11.2 Å². The van der Waals surface area contributed by atoms with Crippen molar-refractivity contribution >= 4 is 6.29 Å². The van der Waals surface area contributed by atoms with Gasteiger partial charge in [0, 0.05) is 5.92 Å². The van der Waals surface area contributed by atoms with Gasteiger partial charge in [0.15, 0.2) is 0 Å². The first kappa shape index (κ1) is 11.0. The van der Waals surface area contributed by atoms with Crippen molar-refractivity contribution in [1.29, 1.82) is 0 Å². The highest BCUT2D eigenvalue weighted by molar-refractivity contribution is 5.54. The zero-order chi connectivity index (χ0) is 10.6. The molecule has 1 atom stereocenters. The number of hydrogen-bond acceptors (Lipinski definition) is 1. The summed E-state index contributed by atoms with van der Waals surface area (Å²) in [5.74, 6) is 0.574. The van der Waals surface area contributed by atoms with Gasteiger partial charge in [0.1, 0.15) is 6.29 Å². The van der Waals surface area contributed by atoms with Crippen LogP contribution >= 0.6 is 0 Å². The van der Waals surface area contributed by atoms with Crippen LogP contribution in [0, 0.1) is 18.8 Å². The van der Waals surface area contributed by atoms with Gasteiger partial charge in [-0.15, -0.1) is 0 Å². The molecule has 0 aliphatic rings. The second-order valence-corrected chi connectivity index (χ2v) is 4.24. The summed E-state index contributed by atoms with van der Waals surface area (Å²) in [7, 11) is 0. The zero-order valence-corrected chi connectivity index (χ0v) is 9.16. The van der Waals surface area contributed by atoms with Gasteiger partial charge in [0.2, 0.25) is 0 Å². The predicted molar refractivity (Wildman–Crippen MR) is 59.3 cm³/mol. The lowest BCUT2D eigenvalue weighted by atomic mass is 9.90. The third-order valence-electron chi connectivity index (χ3n) is 2.58. The summed E-state index contributed by atoms with van der Waals surface area (Å²) in [6, 6.07) is 8.37. The van der Waals surface area contributed by atoms with Gasteiger partial charge in [-0.25, -0.2) is 0 Å². The second-order valence-electron chi connectivity index (χ2n) is 4.24. The monoisotopic (exact) mass is 190 g/mol. The molecule has 1 rings (SSSR count). The average Bonchev–Trinajstić information content (AvgIpc) is 2.14. The SMILES string of the molecule is Cc1cccc(CC(C=O)C(C)C)c1. The Morgan fingerprint density at radius 1 is 1.36 bits per heavy atom. The Balaban J connectivity index is 2.72. The third kappa shape index (κ3) is 2.99. The van der Waals surface area contributed by atoms with Crippen LogP contribution in [0.25, 0.3) is 0 Å². The normalized spacial score (nSPS) is 12.9. The van der Waals surface area contributed by atoms with E-state index in [1.54, 1.807) is 0 Å². The number of aryl methyl sites for hydroxylation is 1. The summed E-state index contributed by atoms with van der Waals surface area (Å²) in [6.07, 6.45) is 1.94. The van der Waals surface area contributed by atoms with E-state index in [1.807, 2.05) is 6.07 Å². The zero-order valence-electron chi connectivity index (χ0n) is 9.16. The number of aldehydes is 1. The molecule has 1 unspecified atom stereocenters. The van der Waals surface area contributed by atoms with E-state index in [0.717, 1.165) is 12.7 Å². The lowest BCUT2D eigenvalue weighted by Crippen LogP contribution is -2.13. The maximum absolute atomic E-state index is 10.8. The molecule has 1 aromatic carbocycles. The number of carbonyl (C=O) groups is 1. The van der Waals surface area contributed by atoms with Gasteiger partial charge in [-0.1, -0.05) is 43.7 Å². The van der Waals surface area contributed by atoms with Gasteiger partial charge >= 0.3 is 0 Å². The number of benzene rings is 1. The summed E-state index contributed by atoms with van der Waals surface area (Å²) >= 11 is 0. The lowest BCUT2D eigenvalue weighted by Gasteiger charge is -2.14. The number of carbonyl (C=O) groups excluding carboxylic acids is 1. The van der Waals surface area contributed by atoms with E-state index in [2.05, 4.69) is 39.0 Å². The molecule has 0 aromatic heterocycles. The molecule has 0 aliphatic carbocycles. The molecule has 0 heterocycles. The van der Waals surface area contributed by atoms with Crippen molar-refractivity contribution in [3.05, 3.63) is 35.4 Å². The second kappa shape index (κ2) is 4.94. The molecule has 0 saturated heterocycles. The lowest BCUT2D eigenvalue weighted by molar-refractivity contribution is -0.112. The highest BCUT2D eigenvalue weighted by atomic mass is 16.1. The summed E-state index contributed by atoms with van der Waals surface area (Å²) in [5, 5.41) is 0. The van der Waals surface area contributed by atoms with E-state index in [-0.39, 0.29) is 5.92 Å². The molecular formula is C13H18O. The van der Waals surface area contributed by atoms with Gasteiger partial charge in [0.05, 0.1) is 0 Å².